The molecule has 3 rings (SSSR count). The molecular formula is C16H21N3O2. The third-order valence-electron chi connectivity index (χ3n) is 3.51. The van der Waals surface area contributed by atoms with E-state index in [9.17, 15) is 0 Å². The van der Waals surface area contributed by atoms with Crippen LogP contribution in [0.3, 0.4) is 0 Å². The minimum Gasteiger partial charge on any atom is -0.486 e. The van der Waals surface area contributed by atoms with E-state index in [1.165, 1.54) is 5.56 Å². The van der Waals surface area contributed by atoms with Crippen molar-refractivity contribution in [2.75, 3.05) is 19.8 Å². The third kappa shape index (κ3) is 3.98. The second kappa shape index (κ2) is 7.13. The second-order valence-electron chi connectivity index (χ2n) is 5.16. The highest BCUT2D eigenvalue weighted by atomic mass is 16.6. The molecule has 0 saturated heterocycles. The van der Waals surface area contributed by atoms with Gasteiger partial charge in [-0.1, -0.05) is 6.07 Å². The van der Waals surface area contributed by atoms with Gasteiger partial charge in [-0.15, -0.1) is 0 Å². The van der Waals surface area contributed by atoms with Crippen molar-refractivity contribution in [2.45, 2.75) is 25.9 Å². The van der Waals surface area contributed by atoms with Gasteiger partial charge in [0.2, 0.25) is 0 Å². The topological polar surface area (TPSA) is 48.3 Å². The SMILES string of the molecule is c1cn(CCCCNCc2ccc3c(c2)OCCO3)cn1. The normalized spacial score (nSPS) is 13.3. The van der Waals surface area contributed by atoms with E-state index < -0.39 is 0 Å². The highest BCUT2D eigenvalue weighted by Gasteiger charge is 2.11. The number of ether oxygens (including phenoxy) is 2. The maximum absolute atomic E-state index is 5.59. The zero-order chi connectivity index (χ0) is 14.3. The minimum atomic E-state index is 0.637. The van der Waals surface area contributed by atoms with Gasteiger partial charge in [0.1, 0.15) is 13.2 Å². The monoisotopic (exact) mass is 287 g/mol. The summed E-state index contributed by atoms with van der Waals surface area (Å²) in [5.41, 5.74) is 1.23. The van der Waals surface area contributed by atoms with E-state index in [4.69, 9.17) is 9.47 Å². The lowest BCUT2D eigenvalue weighted by Crippen LogP contribution is -2.17. The summed E-state index contributed by atoms with van der Waals surface area (Å²) in [6.45, 7) is 4.19. The van der Waals surface area contributed by atoms with Gasteiger partial charge in [0.05, 0.1) is 6.33 Å². The van der Waals surface area contributed by atoms with E-state index in [0.717, 1.165) is 44.0 Å². The first kappa shape index (κ1) is 13.9. The van der Waals surface area contributed by atoms with Crippen LogP contribution < -0.4 is 14.8 Å². The van der Waals surface area contributed by atoms with E-state index in [1.54, 1.807) is 0 Å². The predicted molar refractivity (Wildman–Crippen MR) is 80.6 cm³/mol. The molecule has 0 amide bonds. The third-order valence-corrected chi connectivity index (χ3v) is 3.51. The lowest BCUT2D eigenvalue weighted by atomic mass is 10.2. The van der Waals surface area contributed by atoms with Crippen molar-refractivity contribution >= 4 is 0 Å². The molecule has 21 heavy (non-hydrogen) atoms. The van der Waals surface area contributed by atoms with Crippen LogP contribution in [0.2, 0.25) is 0 Å². The van der Waals surface area contributed by atoms with Crippen LogP contribution in [0.4, 0.5) is 0 Å². The van der Waals surface area contributed by atoms with E-state index in [-0.39, 0.29) is 0 Å². The molecule has 0 fully saturated rings. The van der Waals surface area contributed by atoms with Crippen LogP contribution in [0.5, 0.6) is 11.5 Å². The summed E-state index contributed by atoms with van der Waals surface area (Å²) < 4.78 is 13.2. The summed E-state index contributed by atoms with van der Waals surface area (Å²) in [4.78, 5) is 4.04. The van der Waals surface area contributed by atoms with Crippen molar-refractivity contribution in [1.29, 1.82) is 0 Å². The molecule has 1 aromatic heterocycles. The number of hydrogen-bond donors (Lipinski definition) is 1. The molecule has 1 aliphatic heterocycles. The fourth-order valence-corrected chi connectivity index (χ4v) is 2.39. The number of aryl methyl sites for hydroxylation is 1. The van der Waals surface area contributed by atoms with Gasteiger partial charge < -0.3 is 19.4 Å². The minimum absolute atomic E-state index is 0.637. The standard InChI is InChI=1S/C16H21N3O2/c1(2-7-19-8-6-18-13-19)5-17-12-14-3-4-15-16(11-14)21-10-9-20-15/h3-4,6,8,11,13,17H,1-2,5,7,9-10,12H2. The lowest BCUT2D eigenvalue weighted by Gasteiger charge is -2.19. The predicted octanol–water partition coefficient (Wildman–Crippen LogP) is 2.22. The fraction of sp³-hybridized carbons (Fsp3) is 0.438. The van der Waals surface area contributed by atoms with Gasteiger partial charge in [-0.3, -0.25) is 0 Å². The number of unbranched alkanes of at least 4 members (excludes halogenated alkanes) is 1. The smallest absolute Gasteiger partial charge is 0.161 e. The Hall–Kier alpha value is -2.01. The average Bonchev–Trinajstić information content (AvgIpc) is 3.04. The Morgan fingerprint density at radius 1 is 1.14 bits per heavy atom. The number of rotatable bonds is 7. The van der Waals surface area contributed by atoms with Crippen LogP contribution in [0.25, 0.3) is 0 Å². The zero-order valence-corrected chi connectivity index (χ0v) is 12.1. The van der Waals surface area contributed by atoms with E-state index in [2.05, 4.69) is 27.0 Å². The maximum Gasteiger partial charge on any atom is 0.161 e. The Morgan fingerprint density at radius 3 is 2.90 bits per heavy atom. The fourth-order valence-electron chi connectivity index (χ4n) is 2.39. The summed E-state index contributed by atoms with van der Waals surface area (Å²) in [6.07, 6.45) is 8.00. The van der Waals surface area contributed by atoms with E-state index in [0.29, 0.717) is 13.2 Å². The number of aromatic nitrogens is 2. The molecule has 0 atom stereocenters. The molecule has 0 saturated carbocycles. The first-order valence-corrected chi connectivity index (χ1v) is 7.47. The highest BCUT2D eigenvalue weighted by Crippen LogP contribution is 2.30. The van der Waals surface area contributed by atoms with E-state index >= 15 is 0 Å². The Kier molecular flexibility index (Phi) is 4.74. The van der Waals surface area contributed by atoms with Gasteiger partial charge in [0, 0.05) is 25.5 Å². The summed E-state index contributed by atoms with van der Waals surface area (Å²) in [6, 6.07) is 6.14. The summed E-state index contributed by atoms with van der Waals surface area (Å²) >= 11 is 0. The molecule has 1 aromatic carbocycles. The lowest BCUT2D eigenvalue weighted by molar-refractivity contribution is 0.171. The maximum atomic E-state index is 5.59. The molecular weight excluding hydrogens is 266 g/mol. The molecule has 2 aromatic rings. The first-order chi connectivity index (χ1) is 10.4. The number of fused-ring (bicyclic) bond motifs is 1. The number of hydrogen-bond acceptors (Lipinski definition) is 4. The van der Waals surface area contributed by atoms with E-state index in [1.807, 2.05) is 24.8 Å². The number of nitrogens with one attached hydrogen (secondary N) is 1. The van der Waals surface area contributed by atoms with Crippen molar-refractivity contribution in [1.82, 2.24) is 14.9 Å². The Morgan fingerprint density at radius 2 is 2.05 bits per heavy atom. The Labute approximate surface area is 124 Å². The number of benzene rings is 1. The number of imidazole rings is 1. The van der Waals surface area contributed by atoms with Crippen molar-refractivity contribution < 1.29 is 9.47 Å². The van der Waals surface area contributed by atoms with Gasteiger partial charge in [-0.05, 0) is 37.1 Å². The Balaban J connectivity index is 1.35. The largest absolute Gasteiger partial charge is 0.486 e. The van der Waals surface area contributed by atoms with Crippen LogP contribution >= 0.6 is 0 Å². The van der Waals surface area contributed by atoms with Crippen LogP contribution in [0, 0.1) is 0 Å². The van der Waals surface area contributed by atoms with Gasteiger partial charge in [0.25, 0.3) is 0 Å². The quantitative estimate of drug-likeness (QED) is 0.793. The molecule has 0 bridgehead atoms. The molecule has 0 radical (unpaired) electrons. The molecule has 2 heterocycles. The summed E-state index contributed by atoms with van der Waals surface area (Å²) in [5.74, 6) is 1.71. The van der Waals surface area contributed by atoms with Crippen molar-refractivity contribution in [3.8, 4) is 11.5 Å². The molecule has 5 nitrogen and oxygen atoms in total. The second-order valence-corrected chi connectivity index (χ2v) is 5.16. The van der Waals surface area contributed by atoms with Crippen molar-refractivity contribution in [3.05, 3.63) is 42.5 Å². The van der Waals surface area contributed by atoms with Crippen LogP contribution in [0.15, 0.2) is 36.9 Å². The van der Waals surface area contributed by atoms with Gasteiger partial charge in [-0.25, -0.2) is 4.98 Å². The zero-order valence-electron chi connectivity index (χ0n) is 12.1. The summed E-state index contributed by atoms with van der Waals surface area (Å²) in [7, 11) is 0. The molecule has 1 N–H and O–H groups in total. The molecule has 1 aliphatic rings. The van der Waals surface area contributed by atoms with Crippen LogP contribution in [0.1, 0.15) is 18.4 Å². The van der Waals surface area contributed by atoms with Gasteiger partial charge in [-0.2, -0.15) is 0 Å². The molecule has 5 heteroatoms. The van der Waals surface area contributed by atoms with Crippen molar-refractivity contribution in [2.24, 2.45) is 0 Å². The molecule has 112 valence electrons. The van der Waals surface area contributed by atoms with Crippen LogP contribution in [-0.4, -0.2) is 29.3 Å². The van der Waals surface area contributed by atoms with Gasteiger partial charge in [0.15, 0.2) is 11.5 Å². The highest BCUT2D eigenvalue weighted by molar-refractivity contribution is 5.43. The van der Waals surface area contributed by atoms with Crippen LogP contribution in [-0.2, 0) is 13.1 Å². The average molecular weight is 287 g/mol. The molecule has 0 spiro atoms. The van der Waals surface area contributed by atoms with Crippen molar-refractivity contribution in [3.63, 3.8) is 0 Å². The molecule has 0 aliphatic carbocycles. The summed E-state index contributed by atoms with van der Waals surface area (Å²) in [5, 5.41) is 3.47. The Bertz CT molecular complexity index is 555. The first-order valence-electron chi connectivity index (χ1n) is 7.47. The van der Waals surface area contributed by atoms with Gasteiger partial charge >= 0.3 is 0 Å². The number of nitrogens with zero attached hydrogens (tertiary/aromatic N) is 2. The molecule has 0 unspecified atom stereocenters.